The molecular weight excluding hydrogens is 406 g/mol. The third-order valence-corrected chi connectivity index (χ3v) is 5.64. The Balaban J connectivity index is 2.19. The Morgan fingerprint density at radius 2 is 1.81 bits per heavy atom. The molecule has 0 aliphatic carbocycles. The maximum Gasteiger partial charge on any atom is 0.295 e. The Kier molecular flexibility index (Phi) is 7.36. The van der Waals surface area contributed by atoms with Crippen LogP contribution in [0.1, 0.15) is 48.6 Å². The Labute approximate surface area is 189 Å². The summed E-state index contributed by atoms with van der Waals surface area (Å²) >= 11 is 0. The molecule has 32 heavy (non-hydrogen) atoms. The van der Waals surface area contributed by atoms with Crippen molar-refractivity contribution < 1.29 is 24.2 Å². The molecular formula is C26H31NO5. The minimum absolute atomic E-state index is 0.0791. The number of aliphatic hydroxyl groups is 1. The van der Waals surface area contributed by atoms with Gasteiger partial charge in [-0.1, -0.05) is 30.3 Å². The predicted octanol–water partition coefficient (Wildman–Crippen LogP) is 4.55. The normalized spacial score (nSPS) is 17.9. The molecule has 1 heterocycles. The van der Waals surface area contributed by atoms with E-state index in [1.54, 1.807) is 13.2 Å². The van der Waals surface area contributed by atoms with Gasteiger partial charge in [0.25, 0.3) is 11.7 Å². The van der Waals surface area contributed by atoms with Gasteiger partial charge < -0.3 is 19.5 Å². The van der Waals surface area contributed by atoms with Gasteiger partial charge in [0.2, 0.25) is 0 Å². The zero-order valence-electron chi connectivity index (χ0n) is 19.3. The van der Waals surface area contributed by atoms with E-state index in [4.69, 9.17) is 9.47 Å². The first kappa shape index (κ1) is 23.5. The predicted molar refractivity (Wildman–Crippen MR) is 124 cm³/mol. The molecule has 0 saturated carbocycles. The van der Waals surface area contributed by atoms with Crippen LogP contribution >= 0.6 is 0 Å². The van der Waals surface area contributed by atoms with Crippen LogP contribution in [0.2, 0.25) is 0 Å². The van der Waals surface area contributed by atoms with E-state index in [1.807, 2.05) is 64.1 Å². The lowest BCUT2D eigenvalue weighted by atomic mass is 9.93. The van der Waals surface area contributed by atoms with Gasteiger partial charge in [-0.15, -0.1) is 0 Å². The smallest absolute Gasteiger partial charge is 0.295 e. The molecule has 2 aromatic carbocycles. The van der Waals surface area contributed by atoms with E-state index in [0.717, 1.165) is 11.1 Å². The van der Waals surface area contributed by atoms with Crippen LogP contribution in [0.4, 0.5) is 0 Å². The van der Waals surface area contributed by atoms with E-state index < -0.39 is 17.7 Å². The minimum atomic E-state index is -0.747. The van der Waals surface area contributed by atoms with Crippen LogP contribution in [0.5, 0.6) is 5.75 Å². The number of Topliss-reactive ketones (excluding diaryl/α,β-unsaturated/α-hetero) is 1. The van der Waals surface area contributed by atoms with Crippen molar-refractivity contribution in [2.24, 2.45) is 0 Å². The zero-order chi connectivity index (χ0) is 23.4. The van der Waals surface area contributed by atoms with Gasteiger partial charge >= 0.3 is 0 Å². The highest BCUT2D eigenvalue weighted by Crippen LogP contribution is 2.43. The standard InChI is InChI=1S/C26H31NO5/c1-16(2)32-21-10-7-6-9-20(21)23-22(24(28)19-12-11-17(3)18(4)15-19)25(29)26(30)27(23)13-8-14-31-5/h6-7,9-12,15-16,23,28H,8,13-14H2,1-5H3/b24-22-. The number of amides is 1. The Morgan fingerprint density at radius 1 is 1.09 bits per heavy atom. The molecule has 0 spiro atoms. The van der Waals surface area contributed by atoms with E-state index in [9.17, 15) is 14.7 Å². The summed E-state index contributed by atoms with van der Waals surface area (Å²) in [6, 6.07) is 12.1. The minimum Gasteiger partial charge on any atom is -0.507 e. The number of carbonyl (C=O) groups is 2. The van der Waals surface area contributed by atoms with Gasteiger partial charge in [-0.05, 0) is 57.4 Å². The van der Waals surface area contributed by atoms with E-state index in [1.165, 1.54) is 4.90 Å². The van der Waals surface area contributed by atoms with Crippen LogP contribution in [0.25, 0.3) is 5.76 Å². The summed E-state index contributed by atoms with van der Waals surface area (Å²) in [4.78, 5) is 27.7. The van der Waals surface area contributed by atoms with Crippen LogP contribution in [0.15, 0.2) is 48.0 Å². The van der Waals surface area contributed by atoms with Crippen molar-refractivity contribution in [1.82, 2.24) is 4.90 Å². The number of para-hydroxylation sites is 1. The van der Waals surface area contributed by atoms with E-state index in [0.29, 0.717) is 36.4 Å². The van der Waals surface area contributed by atoms with Gasteiger partial charge in [0.15, 0.2) is 0 Å². The highest BCUT2D eigenvalue weighted by Gasteiger charge is 2.46. The third kappa shape index (κ3) is 4.70. The number of benzene rings is 2. The van der Waals surface area contributed by atoms with Gasteiger partial charge in [-0.2, -0.15) is 0 Å². The molecule has 1 saturated heterocycles. The molecule has 1 atom stereocenters. The molecule has 1 unspecified atom stereocenters. The number of carbonyl (C=O) groups excluding carboxylic acids is 2. The van der Waals surface area contributed by atoms with Crippen LogP contribution in [0.3, 0.4) is 0 Å². The molecule has 0 radical (unpaired) electrons. The molecule has 1 amide bonds. The zero-order valence-corrected chi connectivity index (χ0v) is 19.3. The lowest BCUT2D eigenvalue weighted by Crippen LogP contribution is -2.31. The van der Waals surface area contributed by atoms with Crippen molar-refractivity contribution in [1.29, 1.82) is 0 Å². The fraction of sp³-hybridized carbons (Fsp3) is 0.385. The summed E-state index contributed by atoms with van der Waals surface area (Å²) in [5.41, 5.74) is 3.33. The topological polar surface area (TPSA) is 76.1 Å². The highest BCUT2D eigenvalue weighted by molar-refractivity contribution is 6.46. The quantitative estimate of drug-likeness (QED) is 0.284. The average molecular weight is 438 g/mol. The van der Waals surface area contributed by atoms with Crippen LogP contribution in [0, 0.1) is 13.8 Å². The van der Waals surface area contributed by atoms with Crippen molar-refractivity contribution in [3.63, 3.8) is 0 Å². The number of hydrogen-bond acceptors (Lipinski definition) is 5. The average Bonchev–Trinajstić information content (AvgIpc) is 3.00. The van der Waals surface area contributed by atoms with Crippen molar-refractivity contribution >= 4 is 17.4 Å². The lowest BCUT2D eigenvalue weighted by molar-refractivity contribution is -0.140. The molecule has 170 valence electrons. The second-order valence-corrected chi connectivity index (χ2v) is 8.34. The fourth-order valence-electron chi connectivity index (χ4n) is 3.93. The second-order valence-electron chi connectivity index (χ2n) is 8.34. The molecule has 6 heteroatoms. The number of ketones is 1. The molecule has 1 fully saturated rings. The van der Waals surface area contributed by atoms with Gasteiger partial charge in [0.1, 0.15) is 11.5 Å². The molecule has 1 aliphatic rings. The number of nitrogens with zero attached hydrogens (tertiary/aromatic N) is 1. The third-order valence-electron chi connectivity index (χ3n) is 5.64. The van der Waals surface area contributed by atoms with Crippen molar-refractivity contribution in [3.8, 4) is 5.75 Å². The second kappa shape index (κ2) is 10.0. The number of aryl methyl sites for hydroxylation is 2. The molecule has 0 aromatic heterocycles. The summed E-state index contributed by atoms with van der Waals surface area (Å²) in [5, 5.41) is 11.2. The first-order valence-electron chi connectivity index (χ1n) is 10.9. The molecule has 2 aromatic rings. The number of aliphatic hydroxyl groups excluding tert-OH is 1. The molecule has 0 bridgehead atoms. The monoisotopic (exact) mass is 437 g/mol. The van der Waals surface area contributed by atoms with Gasteiger partial charge in [0.05, 0.1) is 17.7 Å². The van der Waals surface area contributed by atoms with Crippen molar-refractivity contribution in [3.05, 3.63) is 70.3 Å². The Hall–Kier alpha value is -3.12. The first-order valence-corrected chi connectivity index (χ1v) is 10.9. The number of rotatable bonds is 8. The van der Waals surface area contributed by atoms with Gasteiger partial charge in [-0.3, -0.25) is 9.59 Å². The van der Waals surface area contributed by atoms with Crippen LogP contribution < -0.4 is 4.74 Å². The SMILES string of the molecule is COCCCN1C(=O)C(=O)/C(=C(\O)c2ccc(C)c(C)c2)C1c1ccccc1OC(C)C. The molecule has 1 N–H and O–H groups in total. The number of ether oxygens (including phenoxy) is 2. The van der Waals surface area contributed by atoms with Crippen molar-refractivity contribution in [2.45, 2.75) is 46.3 Å². The van der Waals surface area contributed by atoms with Crippen molar-refractivity contribution in [2.75, 3.05) is 20.3 Å². The van der Waals surface area contributed by atoms with Crippen LogP contribution in [-0.2, 0) is 14.3 Å². The number of methoxy groups -OCH3 is 1. The summed E-state index contributed by atoms with van der Waals surface area (Å²) in [6.45, 7) is 8.54. The summed E-state index contributed by atoms with van der Waals surface area (Å²) < 4.78 is 11.1. The van der Waals surface area contributed by atoms with E-state index >= 15 is 0 Å². The Morgan fingerprint density at radius 3 is 2.47 bits per heavy atom. The highest BCUT2D eigenvalue weighted by atomic mass is 16.5. The summed E-state index contributed by atoms with van der Waals surface area (Å²) in [7, 11) is 1.59. The maximum absolute atomic E-state index is 13.2. The van der Waals surface area contributed by atoms with Gasteiger partial charge in [0, 0.05) is 31.4 Å². The summed E-state index contributed by atoms with van der Waals surface area (Å²) in [6.07, 6.45) is 0.475. The largest absolute Gasteiger partial charge is 0.507 e. The summed E-state index contributed by atoms with van der Waals surface area (Å²) in [5.74, 6) is -0.916. The number of likely N-dealkylation sites (tertiary alicyclic amines) is 1. The number of hydrogen-bond donors (Lipinski definition) is 1. The fourth-order valence-corrected chi connectivity index (χ4v) is 3.93. The Bertz CT molecular complexity index is 1040. The van der Waals surface area contributed by atoms with Gasteiger partial charge in [-0.25, -0.2) is 0 Å². The van der Waals surface area contributed by atoms with E-state index in [-0.39, 0.29) is 17.4 Å². The maximum atomic E-state index is 13.2. The first-order chi connectivity index (χ1) is 15.3. The molecule has 6 nitrogen and oxygen atoms in total. The lowest BCUT2D eigenvalue weighted by Gasteiger charge is -2.27. The molecule has 1 aliphatic heterocycles. The van der Waals surface area contributed by atoms with Crippen LogP contribution in [-0.4, -0.2) is 48.1 Å². The van der Waals surface area contributed by atoms with E-state index in [2.05, 4.69) is 0 Å². The molecule has 3 rings (SSSR count).